The van der Waals surface area contributed by atoms with Crippen LogP contribution >= 0.6 is 11.8 Å². The van der Waals surface area contributed by atoms with Gasteiger partial charge < -0.3 is 0 Å². The number of benzene rings is 2. The van der Waals surface area contributed by atoms with Crippen molar-refractivity contribution >= 4 is 11.8 Å². The van der Waals surface area contributed by atoms with E-state index in [4.69, 9.17) is 5.26 Å². The van der Waals surface area contributed by atoms with Crippen molar-refractivity contribution in [2.45, 2.75) is 10.6 Å². The lowest BCUT2D eigenvalue weighted by atomic mass is 10.2. The highest BCUT2D eigenvalue weighted by Gasteiger charge is 2.11. The van der Waals surface area contributed by atoms with Gasteiger partial charge in [0, 0.05) is 5.75 Å². The second-order valence-corrected chi connectivity index (χ2v) is 4.64. The maximum absolute atomic E-state index is 13.6. The fraction of sp³-hybridized carbons (Fsp3) is 0.0714. The molecule has 0 spiro atoms. The number of rotatable bonds is 3. The molecule has 0 saturated carbocycles. The Morgan fingerprint density at radius 1 is 1.06 bits per heavy atom. The summed E-state index contributed by atoms with van der Waals surface area (Å²) >= 11 is 1.09. The van der Waals surface area contributed by atoms with E-state index in [1.54, 1.807) is 6.07 Å². The Balaban J connectivity index is 2.18. The lowest BCUT2D eigenvalue weighted by Crippen LogP contribution is -1.91. The first-order valence-electron chi connectivity index (χ1n) is 5.26. The Morgan fingerprint density at radius 3 is 2.22 bits per heavy atom. The second kappa shape index (κ2) is 5.65. The zero-order chi connectivity index (χ0) is 13.0. The van der Waals surface area contributed by atoms with Crippen molar-refractivity contribution in [3.63, 3.8) is 0 Å². The Labute approximate surface area is 108 Å². The maximum atomic E-state index is 13.6. The number of nitriles is 1. The highest BCUT2D eigenvalue weighted by atomic mass is 32.2. The van der Waals surface area contributed by atoms with Crippen LogP contribution in [-0.2, 0) is 5.75 Å². The van der Waals surface area contributed by atoms with Crippen molar-refractivity contribution in [2.24, 2.45) is 0 Å². The first-order chi connectivity index (χ1) is 8.70. The summed E-state index contributed by atoms with van der Waals surface area (Å²) in [5.74, 6) is -0.888. The van der Waals surface area contributed by atoms with Gasteiger partial charge in [-0.15, -0.1) is 11.8 Å². The topological polar surface area (TPSA) is 23.8 Å². The molecule has 0 bridgehead atoms. The van der Waals surface area contributed by atoms with Gasteiger partial charge in [-0.05, 0) is 17.7 Å². The lowest BCUT2D eigenvalue weighted by Gasteiger charge is -2.05. The van der Waals surface area contributed by atoms with Crippen LogP contribution in [0.2, 0.25) is 0 Å². The minimum atomic E-state index is -0.688. The van der Waals surface area contributed by atoms with Crippen molar-refractivity contribution in [3.8, 4) is 6.07 Å². The average Bonchev–Trinajstić information content (AvgIpc) is 2.38. The zero-order valence-electron chi connectivity index (χ0n) is 9.36. The molecular formula is C14H9F2NS. The zero-order valence-corrected chi connectivity index (χ0v) is 10.2. The highest BCUT2D eigenvalue weighted by molar-refractivity contribution is 7.98. The largest absolute Gasteiger partial charge is 0.206 e. The van der Waals surface area contributed by atoms with Gasteiger partial charge in [-0.3, -0.25) is 0 Å². The van der Waals surface area contributed by atoms with Gasteiger partial charge in [0.1, 0.15) is 11.6 Å². The van der Waals surface area contributed by atoms with E-state index in [1.165, 1.54) is 0 Å². The molecule has 0 radical (unpaired) electrons. The predicted molar refractivity (Wildman–Crippen MR) is 67.1 cm³/mol. The number of hydrogen-bond donors (Lipinski definition) is 0. The number of thioether (sulfide) groups is 1. The summed E-state index contributed by atoms with van der Waals surface area (Å²) in [5, 5.41) is 8.60. The first kappa shape index (κ1) is 12.6. The monoisotopic (exact) mass is 261 g/mol. The molecule has 0 aliphatic heterocycles. The fourth-order valence-electron chi connectivity index (χ4n) is 1.49. The predicted octanol–water partition coefficient (Wildman–Crippen LogP) is 4.13. The smallest absolute Gasteiger partial charge is 0.141 e. The molecule has 90 valence electrons. The van der Waals surface area contributed by atoms with Crippen LogP contribution in [0, 0.1) is 23.0 Å². The van der Waals surface area contributed by atoms with Gasteiger partial charge in [0.05, 0.1) is 16.5 Å². The van der Waals surface area contributed by atoms with Crippen LogP contribution in [0.15, 0.2) is 47.4 Å². The molecule has 0 fully saturated rings. The molecule has 0 N–H and O–H groups in total. The van der Waals surface area contributed by atoms with Gasteiger partial charge in [-0.2, -0.15) is 5.26 Å². The van der Waals surface area contributed by atoms with E-state index in [-0.39, 0.29) is 10.5 Å². The van der Waals surface area contributed by atoms with Crippen molar-refractivity contribution < 1.29 is 8.78 Å². The van der Waals surface area contributed by atoms with Gasteiger partial charge >= 0.3 is 0 Å². The molecule has 0 amide bonds. The van der Waals surface area contributed by atoms with E-state index < -0.39 is 11.6 Å². The van der Waals surface area contributed by atoms with Gasteiger partial charge in [-0.1, -0.05) is 30.3 Å². The Morgan fingerprint density at radius 2 is 1.67 bits per heavy atom. The molecule has 0 saturated heterocycles. The van der Waals surface area contributed by atoms with Crippen molar-refractivity contribution in [1.29, 1.82) is 5.26 Å². The molecule has 0 unspecified atom stereocenters. The number of hydrogen-bond acceptors (Lipinski definition) is 2. The molecule has 0 aliphatic carbocycles. The third kappa shape index (κ3) is 2.88. The molecule has 18 heavy (non-hydrogen) atoms. The van der Waals surface area contributed by atoms with E-state index >= 15 is 0 Å². The van der Waals surface area contributed by atoms with Crippen LogP contribution < -0.4 is 0 Å². The molecule has 0 aliphatic rings. The van der Waals surface area contributed by atoms with Crippen LogP contribution in [0.3, 0.4) is 0 Å². The minimum Gasteiger partial charge on any atom is -0.206 e. The Kier molecular flexibility index (Phi) is 3.96. The van der Waals surface area contributed by atoms with Crippen LogP contribution in [0.1, 0.15) is 11.1 Å². The fourth-order valence-corrected chi connectivity index (χ4v) is 2.39. The van der Waals surface area contributed by atoms with Gasteiger partial charge in [0.15, 0.2) is 0 Å². The number of nitrogens with zero attached hydrogens (tertiary/aromatic N) is 1. The van der Waals surface area contributed by atoms with Gasteiger partial charge in [0.2, 0.25) is 0 Å². The first-order valence-corrected chi connectivity index (χ1v) is 6.25. The summed E-state index contributed by atoms with van der Waals surface area (Å²) < 4.78 is 27.2. The Bertz CT molecular complexity index is 567. The highest BCUT2D eigenvalue weighted by Crippen LogP contribution is 2.29. The average molecular weight is 261 g/mol. The van der Waals surface area contributed by atoms with Crippen LogP contribution in [-0.4, -0.2) is 0 Å². The molecule has 4 heteroatoms. The van der Waals surface area contributed by atoms with E-state index in [0.717, 1.165) is 29.5 Å². The third-order valence-corrected chi connectivity index (χ3v) is 3.51. The Hall–Kier alpha value is -1.86. The van der Waals surface area contributed by atoms with E-state index in [1.807, 2.05) is 30.3 Å². The van der Waals surface area contributed by atoms with Crippen LogP contribution in [0.25, 0.3) is 0 Å². The summed E-state index contributed by atoms with van der Waals surface area (Å²) in [6, 6.07) is 13.3. The van der Waals surface area contributed by atoms with Gasteiger partial charge in [0.25, 0.3) is 0 Å². The second-order valence-electron chi connectivity index (χ2n) is 3.66. The van der Waals surface area contributed by atoms with E-state index in [9.17, 15) is 8.78 Å². The molecule has 0 heterocycles. The molecule has 1 nitrogen and oxygen atoms in total. The SMILES string of the molecule is N#Cc1cc(F)c(SCc2ccccc2)c(F)c1. The standard InChI is InChI=1S/C14H9F2NS/c15-12-6-11(8-17)7-13(16)14(12)18-9-10-4-2-1-3-5-10/h1-7H,9H2. The van der Waals surface area contributed by atoms with Crippen LogP contribution in [0.5, 0.6) is 0 Å². The molecule has 2 aromatic carbocycles. The summed E-state index contributed by atoms with van der Waals surface area (Å²) in [6.07, 6.45) is 0. The molecule has 2 aromatic rings. The lowest BCUT2D eigenvalue weighted by molar-refractivity contribution is 0.540. The third-order valence-electron chi connectivity index (χ3n) is 2.35. The quantitative estimate of drug-likeness (QED) is 0.776. The van der Waals surface area contributed by atoms with Crippen LogP contribution in [0.4, 0.5) is 8.78 Å². The summed E-state index contributed by atoms with van der Waals surface area (Å²) in [4.78, 5) is -0.0437. The molecular weight excluding hydrogens is 252 g/mol. The molecule has 2 rings (SSSR count). The molecule has 0 atom stereocenters. The summed E-state index contributed by atoms with van der Waals surface area (Å²) in [5.41, 5.74) is 0.986. The normalized spacial score (nSPS) is 10.1. The van der Waals surface area contributed by atoms with E-state index in [2.05, 4.69) is 0 Å². The molecule has 0 aromatic heterocycles. The summed E-state index contributed by atoms with van der Waals surface area (Å²) in [7, 11) is 0. The maximum Gasteiger partial charge on any atom is 0.141 e. The van der Waals surface area contributed by atoms with Crippen molar-refractivity contribution in [2.75, 3.05) is 0 Å². The van der Waals surface area contributed by atoms with E-state index in [0.29, 0.717) is 5.75 Å². The van der Waals surface area contributed by atoms with Crippen molar-refractivity contribution in [3.05, 3.63) is 65.2 Å². The minimum absolute atomic E-state index is 0.00550. The van der Waals surface area contributed by atoms with Gasteiger partial charge in [-0.25, -0.2) is 8.78 Å². The van der Waals surface area contributed by atoms with Crippen molar-refractivity contribution in [1.82, 2.24) is 0 Å². The summed E-state index contributed by atoms with van der Waals surface area (Å²) in [6.45, 7) is 0. The number of halogens is 2.